The molecule has 1 aliphatic heterocycles. The van der Waals surface area contributed by atoms with Gasteiger partial charge >= 0.3 is 5.97 Å². The second-order valence-electron chi connectivity index (χ2n) is 10.7. The lowest BCUT2D eigenvalue weighted by molar-refractivity contribution is -0.137. The molecule has 1 aromatic heterocycles. The monoisotopic (exact) mass is 564 g/mol. The van der Waals surface area contributed by atoms with Gasteiger partial charge in [0, 0.05) is 25.6 Å². The van der Waals surface area contributed by atoms with Crippen LogP contribution in [0.1, 0.15) is 59.6 Å². The minimum Gasteiger partial charge on any atom is -0.481 e. The third-order valence-corrected chi connectivity index (χ3v) is 9.78. The average molecular weight is 565 g/mol. The maximum absolute atomic E-state index is 14.1. The molecule has 0 amide bonds. The van der Waals surface area contributed by atoms with Crippen molar-refractivity contribution in [3.8, 4) is 0 Å². The van der Waals surface area contributed by atoms with Gasteiger partial charge in [0.15, 0.2) is 0 Å². The topological polar surface area (TPSA) is 105 Å². The third kappa shape index (κ3) is 5.13. The van der Waals surface area contributed by atoms with Crippen LogP contribution in [0, 0.1) is 25.6 Å². The lowest BCUT2D eigenvalue weighted by Crippen LogP contribution is -2.33. The standard InChI is InChI=1S/C30H33FN4O4S/c1-5-35-27-11-10-25(20(4)30(27)32-33-35)26(15-29(36)37)21-7-6-19(3)23(13-21)17-34-16-18(2)12-22-8-9-24(31)14-28(22)40(34,38)39/h6-11,13-14,18,26H,5,12,15-17H2,1-4H3,(H,36,37)/t18-,26-/m0/s1. The van der Waals surface area contributed by atoms with Crippen LogP contribution in [-0.4, -0.2) is 45.3 Å². The molecule has 1 N–H and O–H groups in total. The van der Waals surface area contributed by atoms with E-state index < -0.39 is 27.7 Å². The smallest absolute Gasteiger partial charge is 0.304 e. The van der Waals surface area contributed by atoms with Gasteiger partial charge in [-0.2, -0.15) is 4.31 Å². The van der Waals surface area contributed by atoms with Gasteiger partial charge in [0.25, 0.3) is 0 Å². The SMILES string of the molecule is CCn1nnc2c(C)c([C@@H](CC(=O)O)c3ccc(C)c(CN4C[C@@H](C)Cc5ccc(F)cc5S4(=O)=O)c3)ccc21. The number of hydrogen-bond donors (Lipinski definition) is 1. The van der Waals surface area contributed by atoms with Crippen molar-refractivity contribution in [3.05, 3.63) is 87.7 Å². The van der Waals surface area contributed by atoms with Crippen molar-refractivity contribution in [2.45, 2.75) is 64.4 Å². The summed E-state index contributed by atoms with van der Waals surface area (Å²) < 4.78 is 44.7. The van der Waals surface area contributed by atoms with Crippen molar-refractivity contribution in [1.82, 2.24) is 19.3 Å². The molecule has 10 heteroatoms. The molecule has 0 radical (unpaired) electrons. The van der Waals surface area contributed by atoms with Crippen molar-refractivity contribution in [1.29, 1.82) is 0 Å². The highest BCUT2D eigenvalue weighted by atomic mass is 32.2. The van der Waals surface area contributed by atoms with Crippen LogP contribution >= 0.6 is 0 Å². The molecule has 5 rings (SSSR count). The number of aromatic nitrogens is 3. The van der Waals surface area contributed by atoms with Crippen molar-refractivity contribution >= 4 is 27.0 Å². The number of fused-ring (bicyclic) bond motifs is 2. The van der Waals surface area contributed by atoms with Crippen LogP contribution in [0.5, 0.6) is 0 Å². The number of carbonyl (C=O) groups is 1. The van der Waals surface area contributed by atoms with Gasteiger partial charge in [-0.1, -0.05) is 42.5 Å². The number of carboxylic acid groups (broad SMARTS) is 1. The van der Waals surface area contributed by atoms with E-state index in [4.69, 9.17) is 0 Å². The van der Waals surface area contributed by atoms with Gasteiger partial charge < -0.3 is 5.11 Å². The number of halogens is 1. The number of hydrogen-bond acceptors (Lipinski definition) is 5. The van der Waals surface area contributed by atoms with E-state index in [9.17, 15) is 22.7 Å². The summed E-state index contributed by atoms with van der Waals surface area (Å²) >= 11 is 0. The molecule has 40 heavy (non-hydrogen) atoms. The Morgan fingerprint density at radius 2 is 1.93 bits per heavy atom. The minimum absolute atomic E-state index is 0.0125. The van der Waals surface area contributed by atoms with Gasteiger partial charge in [0.1, 0.15) is 11.3 Å². The Morgan fingerprint density at radius 3 is 2.65 bits per heavy atom. The van der Waals surface area contributed by atoms with Crippen molar-refractivity contribution in [2.75, 3.05) is 6.54 Å². The molecule has 0 spiro atoms. The Bertz CT molecular complexity index is 1720. The maximum Gasteiger partial charge on any atom is 0.304 e. The van der Waals surface area contributed by atoms with Crippen LogP contribution in [0.25, 0.3) is 11.0 Å². The second-order valence-corrected chi connectivity index (χ2v) is 12.7. The van der Waals surface area contributed by atoms with Crippen LogP contribution in [0.15, 0.2) is 53.4 Å². The zero-order valence-electron chi connectivity index (χ0n) is 23.1. The number of sulfonamides is 1. The predicted octanol–water partition coefficient (Wildman–Crippen LogP) is 5.20. The van der Waals surface area contributed by atoms with E-state index in [1.807, 2.05) is 58.0 Å². The fourth-order valence-corrected chi connectivity index (χ4v) is 7.54. The van der Waals surface area contributed by atoms with Crippen LogP contribution < -0.4 is 0 Å². The van der Waals surface area contributed by atoms with Gasteiger partial charge in [0.2, 0.25) is 10.0 Å². The number of carboxylic acids is 1. The molecule has 4 aromatic rings. The molecular formula is C30H33FN4O4S. The van der Waals surface area contributed by atoms with E-state index in [1.165, 1.54) is 10.4 Å². The van der Waals surface area contributed by atoms with E-state index in [-0.39, 0.29) is 23.8 Å². The molecule has 3 aromatic carbocycles. The van der Waals surface area contributed by atoms with Crippen molar-refractivity contribution < 1.29 is 22.7 Å². The third-order valence-electron chi connectivity index (χ3n) is 7.89. The number of nitrogens with zero attached hydrogens (tertiary/aromatic N) is 4. The first kappa shape index (κ1) is 27.9. The maximum atomic E-state index is 14.1. The summed E-state index contributed by atoms with van der Waals surface area (Å²) in [6, 6.07) is 13.5. The zero-order chi connectivity index (χ0) is 28.8. The molecule has 8 nitrogen and oxygen atoms in total. The Labute approximate surface area is 233 Å². The van der Waals surface area contributed by atoms with E-state index in [0.29, 0.717) is 25.1 Å². The number of benzene rings is 3. The van der Waals surface area contributed by atoms with Gasteiger partial charge in [-0.3, -0.25) is 4.79 Å². The minimum atomic E-state index is -3.94. The van der Waals surface area contributed by atoms with Crippen LogP contribution in [0.2, 0.25) is 0 Å². The quantitative estimate of drug-likeness (QED) is 0.331. The van der Waals surface area contributed by atoms with Gasteiger partial charge in [-0.15, -0.1) is 5.10 Å². The van der Waals surface area contributed by atoms with Gasteiger partial charge in [0.05, 0.1) is 16.8 Å². The van der Waals surface area contributed by atoms with Crippen molar-refractivity contribution in [2.24, 2.45) is 5.92 Å². The fraction of sp³-hybridized carbons (Fsp3) is 0.367. The van der Waals surface area contributed by atoms with E-state index in [1.54, 1.807) is 10.7 Å². The summed E-state index contributed by atoms with van der Waals surface area (Å²) in [4.78, 5) is 12.0. The molecule has 2 heterocycles. The highest BCUT2D eigenvalue weighted by Gasteiger charge is 2.33. The molecular weight excluding hydrogens is 531 g/mol. The largest absolute Gasteiger partial charge is 0.481 e. The summed E-state index contributed by atoms with van der Waals surface area (Å²) in [6.07, 6.45) is 0.401. The molecule has 0 unspecified atom stereocenters. The van der Waals surface area contributed by atoms with E-state index in [0.717, 1.165) is 44.9 Å². The highest BCUT2D eigenvalue weighted by Crippen LogP contribution is 2.35. The lowest BCUT2D eigenvalue weighted by Gasteiger charge is -2.25. The molecule has 0 bridgehead atoms. The van der Waals surface area contributed by atoms with Gasteiger partial charge in [-0.05, 0) is 84.7 Å². The Morgan fingerprint density at radius 1 is 1.15 bits per heavy atom. The fourth-order valence-electron chi connectivity index (χ4n) is 5.76. The normalized spacial score (nSPS) is 17.9. The first-order valence-corrected chi connectivity index (χ1v) is 14.9. The Balaban J connectivity index is 1.56. The summed E-state index contributed by atoms with van der Waals surface area (Å²) in [6.45, 7) is 8.88. The first-order chi connectivity index (χ1) is 19.0. The summed E-state index contributed by atoms with van der Waals surface area (Å²) in [5, 5.41) is 18.4. The van der Waals surface area contributed by atoms with E-state index >= 15 is 0 Å². The zero-order valence-corrected chi connectivity index (χ0v) is 23.9. The van der Waals surface area contributed by atoms with Crippen molar-refractivity contribution in [3.63, 3.8) is 0 Å². The molecule has 0 saturated carbocycles. The highest BCUT2D eigenvalue weighted by molar-refractivity contribution is 7.89. The van der Waals surface area contributed by atoms with Crippen LogP contribution in [0.3, 0.4) is 0 Å². The average Bonchev–Trinajstić information content (AvgIpc) is 3.30. The Hall–Kier alpha value is -3.63. The number of aryl methyl sites for hydroxylation is 3. The van der Waals surface area contributed by atoms with Gasteiger partial charge in [-0.25, -0.2) is 17.5 Å². The van der Waals surface area contributed by atoms with E-state index in [2.05, 4.69) is 10.3 Å². The van der Waals surface area contributed by atoms with Crippen LogP contribution in [-0.2, 0) is 34.3 Å². The molecule has 0 aliphatic carbocycles. The predicted molar refractivity (Wildman–Crippen MR) is 150 cm³/mol. The summed E-state index contributed by atoms with van der Waals surface area (Å²) in [5.41, 5.74) is 6.40. The lowest BCUT2D eigenvalue weighted by atomic mass is 9.84. The summed E-state index contributed by atoms with van der Waals surface area (Å²) in [5.74, 6) is -1.96. The van der Waals surface area contributed by atoms with Crippen LogP contribution in [0.4, 0.5) is 4.39 Å². The Kier molecular flexibility index (Phi) is 7.50. The molecule has 0 saturated heterocycles. The number of aliphatic carboxylic acids is 1. The molecule has 0 fully saturated rings. The first-order valence-electron chi connectivity index (χ1n) is 13.4. The second kappa shape index (κ2) is 10.7. The summed E-state index contributed by atoms with van der Waals surface area (Å²) in [7, 11) is -3.94. The molecule has 1 aliphatic rings. The molecule has 2 atom stereocenters. The number of rotatable bonds is 7. The molecule has 210 valence electrons.